The largest absolute Gasteiger partial charge is 0.381 e. The van der Waals surface area contributed by atoms with Gasteiger partial charge < -0.3 is 15.4 Å². The predicted molar refractivity (Wildman–Crippen MR) is 103 cm³/mol. The Kier molecular flexibility index (Phi) is 7.73. The number of thiophene rings is 1. The lowest BCUT2D eigenvalue weighted by molar-refractivity contribution is 0.0794. The second-order valence-corrected chi connectivity index (χ2v) is 8.09. The molecule has 1 aliphatic rings. The van der Waals surface area contributed by atoms with E-state index < -0.39 is 0 Å². The maximum absolute atomic E-state index is 5.51. The van der Waals surface area contributed by atoms with Crippen molar-refractivity contribution < 1.29 is 4.74 Å². The van der Waals surface area contributed by atoms with Crippen LogP contribution >= 0.6 is 23.1 Å². The van der Waals surface area contributed by atoms with Gasteiger partial charge in [0.05, 0.1) is 6.54 Å². The number of rotatable bonds is 7. The molecular weight excluding hydrogens is 326 g/mol. The molecule has 130 valence electrons. The molecule has 0 saturated carbocycles. The van der Waals surface area contributed by atoms with Crippen LogP contribution in [0.2, 0.25) is 0 Å². The zero-order valence-corrected chi connectivity index (χ0v) is 16.1. The monoisotopic (exact) mass is 355 g/mol. The van der Waals surface area contributed by atoms with Crippen LogP contribution in [0.15, 0.2) is 21.8 Å². The Hall–Kier alpha value is -0.720. The lowest BCUT2D eigenvalue weighted by Gasteiger charge is -2.34. The summed E-state index contributed by atoms with van der Waals surface area (Å²) in [5, 5.41) is 11.2. The maximum Gasteiger partial charge on any atom is 0.191 e. The smallest absolute Gasteiger partial charge is 0.191 e. The number of aliphatic imine (C=N–C) groups is 1. The second kappa shape index (κ2) is 9.55. The molecule has 1 aromatic rings. The van der Waals surface area contributed by atoms with Gasteiger partial charge in [0.25, 0.3) is 0 Å². The number of ether oxygens (including phenoxy) is 1. The van der Waals surface area contributed by atoms with E-state index in [0.717, 1.165) is 51.6 Å². The van der Waals surface area contributed by atoms with Crippen LogP contribution in [0, 0.1) is 0 Å². The fourth-order valence-corrected chi connectivity index (χ4v) is 4.21. The van der Waals surface area contributed by atoms with Crippen molar-refractivity contribution in [3.63, 3.8) is 0 Å². The Morgan fingerprint density at radius 1 is 1.43 bits per heavy atom. The van der Waals surface area contributed by atoms with Crippen LogP contribution in [0.4, 0.5) is 0 Å². The van der Waals surface area contributed by atoms with E-state index in [9.17, 15) is 0 Å². The van der Waals surface area contributed by atoms with Crippen molar-refractivity contribution in [3.8, 4) is 0 Å². The summed E-state index contributed by atoms with van der Waals surface area (Å²) < 4.78 is 5.74. The molecule has 6 heteroatoms. The van der Waals surface area contributed by atoms with Crippen molar-refractivity contribution in [1.82, 2.24) is 10.6 Å². The molecule has 0 amide bonds. The van der Waals surface area contributed by atoms with E-state index in [4.69, 9.17) is 9.73 Å². The number of hydrogen-bond acceptors (Lipinski definition) is 4. The van der Waals surface area contributed by atoms with Crippen molar-refractivity contribution >= 4 is 29.1 Å². The summed E-state index contributed by atoms with van der Waals surface area (Å²) in [6.45, 7) is 8.70. The van der Waals surface area contributed by atoms with Gasteiger partial charge in [0, 0.05) is 31.1 Å². The molecule has 1 atom stereocenters. The van der Waals surface area contributed by atoms with Crippen molar-refractivity contribution in [2.75, 3.05) is 39.1 Å². The Balaban J connectivity index is 1.91. The van der Waals surface area contributed by atoms with Gasteiger partial charge in [0.15, 0.2) is 5.96 Å². The average Bonchev–Trinajstić information content (AvgIpc) is 3.12. The van der Waals surface area contributed by atoms with Crippen LogP contribution in [0.5, 0.6) is 0 Å². The highest BCUT2D eigenvalue weighted by molar-refractivity contribution is 8.00. The van der Waals surface area contributed by atoms with Crippen molar-refractivity contribution in [2.24, 2.45) is 4.99 Å². The van der Waals surface area contributed by atoms with Crippen LogP contribution < -0.4 is 10.6 Å². The number of guanidine groups is 1. The molecule has 0 radical (unpaired) electrons. The Morgan fingerprint density at radius 2 is 2.22 bits per heavy atom. The molecule has 1 aliphatic heterocycles. The van der Waals surface area contributed by atoms with Crippen molar-refractivity contribution in [3.05, 3.63) is 22.4 Å². The summed E-state index contributed by atoms with van der Waals surface area (Å²) in [5.41, 5.74) is 1.39. The molecule has 0 aliphatic carbocycles. The summed E-state index contributed by atoms with van der Waals surface area (Å²) in [6.07, 6.45) is 4.37. The Bertz CT molecular complexity index is 470. The summed E-state index contributed by atoms with van der Waals surface area (Å²) in [4.78, 5) is 4.85. The van der Waals surface area contributed by atoms with Gasteiger partial charge in [-0.3, -0.25) is 4.99 Å². The van der Waals surface area contributed by atoms with E-state index in [2.05, 4.69) is 47.6 Å². The Morgan fingerprint density at radius 3 is 2.83 bits per heavy atom. The number of hydrogen-bond donors (Lipinski definition) is 2. The van der Waals surface area contributed by atoms with Crippen LogP contribution in [0.3, 0.4) is 0 Å². The molecule has 0 aromatic carbocycles. The quantitative estimate of drug-likeness (QED) is 0.582. The second-order valence-electron chi connectivity index (χ2n) is 6.03. The van der Waals surface area contributed by atoms with E-state index in [1.54, 1.807) is 11.3 Å². The number of nitrogens with zero attached hydrogens (tertiary/aromatic N) is 1. The van der Waals surface area contributed by atoms with Gasteiger partial charge in [-0.25, -0.2) is 0 Å². The zero-order chi connectivity index (χ0) is 16.5. The topological polar surface area (TPSA) is 45.7 Å². The van der Waals surface area contributed by atoms with Gasteiger partial charge in [0.2, 0.25) is 0 Å². The van der Waals surface area contributed by atoms with Crippen LogP contribution in [0.1, 0.15) is 38.2 Å². The molecule has 1 unspecified atom stereocenters. The summed E-state index contributed by atoms with van der Waals surface area (Å²) in [6, 6.07) is 2.20. The van der Waals surface area contributed by atoms with Gasteiger partial charge >= 0.3 is 0 Å². The van der Waals surface area contributed by atoms with Crippen LogP contribution in [-0.2, 0) is 4.74 Å². The van der Waals surface area contributed by atoms with Gasteiger partial charge in [-0.2, -0.15) is 23.1 Å². The van der Waals surface area contributed by atoms with E-state index in [1.165, 1.54) is 5.56 Å². The lowest BCUT2D eigenvalue weighted by Crippen LogP contribution is -2.42. The third-order valence-electron chi connectivity index (χ3n) is 4.39. The van der Waals surface area contributed by atoms with E-state index in [-0.39, 0.29) is 4.75 Å². The van der Waals surface area contributed by atoms with Crippen LogP contribution in [0.25, 0.3) is 0 Å². The summed E-state index contributed by atoms with van der Waals surface area (Å²) in [7, 11) is 0. The zero-order valence-electron chi connectivity index (χ0n) is 14.4. The average molecular weight is 356 g/mol. The standard InChI is InChI=1S/C17H29N3OS2/c1-4-18-16(19-11-14(2)15-5-10-23-12-15)20-13-17(22-3)6-8-21-9-7-17/h5,10,12,14H,4,6-9,11,13H2,1-3H3,(H2,18,19,20). The normalized spacial score (nSPS) is 19.3. The number of thioether (sulfide) groups is 1. The molecule has 4 nitrogen and oxygen atoms in total. The van der Waals surface area contributed by atoms with E-state index in [1.807, 2.05) is 11.8 Å². The molecule has 2 N–H and O–H groups in total. The lowest BCUT2D eigenvalue weighted by atomic mass is 9.99. The molecule has 0 spiro atoms. The van der Waals surface area contributed by atoms with Crippen molar-refractivity contribution in [1.29, 1.82) is 0 Å². The highest BCUT2D eigenvalue weighted by Gasteiger charge is 2.31. The summed E-state index contributed by atoms with van der Waals surface area (Å²) in [5.74, 6) is 1.41. The van der Waals surface area contributed by atoms with Gasteiger partial charge in [-0.05, 0) is 54.3 Å². The molecule has 2 heterocycles. The Labute approximate surface area is 148 Å². The molecule has 23 heavy (non-hydrogen) atoms. The van der Waals surface area contributed by atoms with Gasteiger partial charge in [-0.1, -0.05) is 6.92 Å². The first kappa shape index (κ1) is 18.6. The molecule has 0 bridgehead atoms. The fourth-order valence-electron chi connectivity index (χ4n) is 2.66. The van der Waals surface area contributed by atoms with Crippen molar-refractivity contribution in [2.45, 2.75) is 37.4 Å². The molecule has 2 rings (SSSR count). The molecular formula is C17H29N3OS2. The maximum atomic E-state index is 5.51. The van der Waals surface area contributed by atoms with E-state index in [0.29, 0.717) is 5.92 Å². The number of nitrogens with one attached hydrogen (secondary N) is 2. The minimum absolute atomic E-state index is 0.236. The first-order valence-electron chi connectivity index (χ1n) is 8.36. The highest BCUT2D eigenvalue weighted by atomic mass is 32.2. The third kappa shape index (κ3) is 5.69. The van der Waals surface area contributed by atoms with E-state index >= 15 is 0 Å². The fraction of sp³-hybridized carbons (Fsp3) is 0.706. The highest BCUT2D eigenvalue weighted by Crippen LogP contribution is 2.33. The summed E-state index contributed by atoms with van der Waals surface area (Å²) >= 11 is 3.69. The van der Waals surface area contributed by atoms with Crippen LogP contribution in [-0.4, -0.2) is 49.8 Å². The SMILES string of the molecule is CCNC(=NCC1(SC)CCOCC1)NCC(C)c1ccsc1. The molecule has 1 aromatic heterocycles. The minimum atomic E-state index is 0.236. The first-order valence-corrected chi connectivity index (χ1v) is 10.5. The predicted octanol–water partition coefficient (Wildman–Crippen LogP) is 3.32. The van der Waals surface area contributed by atoms with Gasteiger partial charge in [-0.15, -0.1) is 0 Å². The molecule has 1 fully saturated rings. The third-order valence-corrected chi connectivity index (χ3v) is 6.50. The van der Waals surface area contributed by atoms with Gasteiger partial charge in [0.1, 0.15) is 0 Å². The minimum Gasteiger partial charge on any atom is -0.381 e. The molecule has 1 saturated heterocycles. The first-order chi connectivity index (χ1) is 11.2.